The fraction of sp³-hybridized carbons (Fsp3) is 0.562. The molecule has 1 fully saturated rings. The zero-order chi connectivity index (χ0) is 14.2. The average molecular weight is 276 g/mol. The fourth-order valence-corrected chi connectivity index (χ4v) is 2.70. The molecule has 0 saturated carbocycles. The van der Waals surface area contributed by atoms with Gasteiger partial charge in [0.1, 0.15) is 0 Å². The van der Waals surface area contributed by atoms with E-state index in [1.54, 1.807) is 0 Å². The van der Waals surface area contributed by atoms with E-state index >= 15 is 0 Å². The van der Waals surface area contributed by atoms with Crippen molar-refractivity contribution in [3.05, 3.63) is 30.3 Å². The summed E-state index contributed by atoms with van der Waals surface area (Å²) in [6, 6.07) is 10.6. The van der Waals surface area contributed by atoms with Crippen molar-refractivity contribution >= 4 is 11.7 Å². The number of carboxylic acid groups (broad SMARTS) is 1. The smallest absolute Gasteiger partial charge is 0.303 e. The monoisotopic (exact) mass is 276 g/mol. The van der Waals surface area contributed by atoms with Crippen molar-refractivity contribution in [2.75, 3.05) is 37.6 Å². The molecule has 0 bridgehead atoms. The first-order valence-electron chi connectivity index (χ1n) is 7.50. The van der Waals surface area contributed by atoms with E-state index in [1.165, 1.54) is 12.1 Å². The number of rotatable bonds is 6. The maximum atomic E-state index is 10.5. The maximum absolute atomic E-state index is 10.5. The molecule has 1 heterocycles. The third kappa shape index (κ3) is 4.85. The number of aliphatic carboxylic acids is 1. The molecule has 0 aliphatic carbocycles. The van der Waals surface area contributed by atoms with Crippen LogP contribution in [0.2, 0.25) is 0 Å². The fourth-order valence-electron chi connectivity index (χ4n) is 2.70. The molecule has 110 valence electrons. The van der Waals surface area contributed by atoms with Crippen LogP contribution < -0.4 is 4.90 Å². The van der Waals surface area contributed by atoms with Gasteiger partial charge in [-0.05, 0) is 44.5 Å². The third-order valence-corrected chi connectivity index (χ3v) is 3.82. The minimum Gasteiger partial charge on any atom is -0.481 e. The van der Waals surface area contributed by atoms with E-state index in [9.17, 15) is 4.79 Å². The molecule has 1 aliphatic heterocycles. The zero-order valence-corrected chi connectivity index (χ0v) is 12.0. The molecule has 0 atom stereocenters. The molecular weight excluding hydrogens is 252 g/mol. The maximum Gasteiger partial charge on any atom is 0.303 e. The third-order valence-electron chi connectivity index (χ3n) is 3.82. The van der Waals surface area contributed by atoms with Crippen LogP contribution in [-0.2, 0) is 4.79 Å². The number of hydrogen-bond acceptors (Lipinski definition) is 3. The molecule has 2 rings (SSSR count). The number of para-hydroxylation sites is 1. The lowest BCUT2D eigenvalue weighted by Crippen LogP contribution is -2.31. The van der Waals surface area contributed by atoms with Gasteiger partial charge in [0.25, 0.3) is 0 Å². The van der Waals surface area contributed by atoms with E-state index in [1.807, 2.05) is 0 Å². The Balaban J connectivity index is 1.73. The Morgan fingerprint density at radius 3 is 2.60 bits per heavy atom. The van der Waals surface area contributed by atoms with Gasteiger partial charge in [0.15, 0.2) is 0 Å². The average Bonchev–Trinajstić information content (AvgIpc) is 2.70. The summed E-state index contributed by atoms with van der Waals surface area (Å²) in [6.07, 6.45) is 3.24. The van der Waals surface area contributed by atoms with Crippen LogP contribution in [0.1, 0.15) is 25.7 Å². The highest BCUT2D eigenvalue weighted by atomic mass is 16.4. The van der Waals surface area contributed by atoms with Crippen LogP contribution in [-0.4, -0.2) is 48.7 Å². The first-order valence-corrected chi connectivity index (χ1v) is 7.50. The Hall–Kier alpha value is -1.55. The second-order valence-electron chi connectivity index (χ2n) is 5.37. The van der Waals surface area contributed by atoms with Crippen molar-refractivity contribution in [2.24, 2.45) is 0 Å². The molecule has 1 aromatic carbocycles. The number of benzene rings is 1. The Morgan fingerprint density at radius 2 is 1.85 bits per heavy atom. The summed E-state index contributed by atoms with van der Waals surface area (Å²) in [5.41, 5.74) is 1.31. The van der Waals surface area contributed by atoms with Gasteiger partial charge in [0.05, 0.1) is 0 Å². The number of unbranched alkanes of at least 4 members (excludes halogenated alkanes) is 1. The van der Waals surface area contributed by atoms with Crippen molar-refractivity contribution in [1.82, 2.24) is 4.90 Å². The van der Waals surface area contributed by atoms with Gasteiger partial charge in [-0.3, -0.25) is 4.79 Å². The molecule has 4 nitrogen and oxygen atoms in total. The van der Waals surface area contributed by atoms with Crippen LogP contribution in [0.15, 0.2) is 30.3 Å². The quantitative estimate of drug-likeness (QED) is 0.811. The van der Waals surface area contributed by atoms with Crippen molar-refractivity contribution in [2.45, 2.75) is 25.7 Å². The van der Waals surface area contributed by atoms with Gasteiger partial charge < -0.3 is 14.9 Å². The van der Waals surface area contributed by atoms with Gasteiger partial charge in [-0.2, -0.15) is 0 Å². The van der Waals surface area contributed by atoms with Crippen LogP contribution in [0, 0.1) is 0 Å². The summed E-state index contributed by atoms with van der Waals surface area (Å²) in [7, 11) is 0. The summed E-state index contributed by atoms with van der Waals surface area (Å²) in [5.74, 6) is -0.684. The second kappa shape index (κ2) is 7.90. The lowest BCUT2D eigenvalue weighted by atomic mass is 10.2. The van der Waals surface area contributed by atoms with E-state index in [0.717, 1.165) is 45.6 Å². The molecule has 1 N–H and O–H groups in total. The molecule has 0 spiro atoms. The predicted molar refractivity (Wildman–Crippen MR) is 81.2 cm³/mol. The lowest BCUT2D eigenvalue weighted by molar-refractivity contribution is -0.137. The highest BCUT2D eigenvalue weighted by Crippen LogP contribution is 2.15. The summed E-state index contributed by atoms with van der Waals surface area (Å²) in [5, 5.41) is 8.64. The lowest BCUT2D eigenvalue weighted by Gasteiger charge is -2.23. The molecule has 20 heavy (non-hydrogen) atoms. The molecule has 0 radical (unpaired) electrons. The van der Waals surface area contributed by atoms with Gasteiger partial charge in [-0.25, -0.2) is 0 Å². The van der Waals surface area contributed by atoms with Crippen LogP contribution in [0.4, 0.5) is 5.69 Å². The number of hydrogen-bond donors (Lipinski definition) is 1. The van der Waals surface area contributed by atoms with E-state index in [-0.39, 0.29) is 0 Å². The first kappa shape index (κ1) is 14.9. The topological polar surface area (TPSA) is 43.8 Å². The molecule has 1 saturated heterocycles. The summed E-state index contributed by atoms with van der Waals surface area (Å²) in [4.78, 5) is 15.4. The molecule has 0 aromatic heterocycles. The van der Waals surface area contributed by atoms with Crippen molar-refractivity contribution < 1.29 is 9.90 Å². The second-order valence-corrected chi connectivity index (χ2v) is 5.37. The Kier molecular flexibility index (Phi) is 5.87. The Morgan fingerprint density at radius 1 is 1.05 bits per heavy atom. The summed E-state index contributed by atoms with van der Waals surface area (Å²) in [6.45, 7) is 5.38. The van der Waals surface area contributed by atoms with E-state index < -0.39 is 5.97 Å². The first-order chi connectivity index (χ1) is 9.75. The summed E-state index contributed by atoms with van der Waals surface area (Å²) >= 11 is 0. The molecular formula is C16H24N2O2. The van der Waals surface area contributed by atoms with Crippen molar-refractivity contribution in [1.29, 1.82) is 0 Å². The van der Waals surface area contributed by atoms with Crippen molar-refractivity contribution in [3.63, 3.8) is 0 Å². The van der Waals surface area contributed by atoms with E-state index in [4.69, 9.17) is 5.11 Å². The zero-order valence-electron chi connectivity index (χ0n) is 12.0. The molecule has 0 amide bonds. The number of nitrogens with zero attached hydrogens (tertiary/aromatic N) is 2. The van der Waals surface area contributed by atoms with Gasteiger partial charge in [-0.1, -0.05) is 18.2 Å². The van der Waals surface area contributed by atoms with Crippen LogP contribution in [0.5, 0.6) is 0 Å². The number of anilines is 1. The minimum absolute atomic E-state index is 0.296. The van der Waals surface area contributed by atoms with Gasteiger partial charge >= 0.3 is 5.97 Å². The molecule has 0 unspecified atom stereocenters. The van der Waals surface area contributed by atoms with Gasteiger partial charge in [0, 0.05) is 31.7 Å². The molecule has 1 aliphatic rings. The normalized spacial score (nSPS) is 16.9. The van der Waals surface area contributed by atoms with E-state index in [0.29, 0.717) is 6.42 Å². The highest BCUT2D eigenvalue weighted by Gasteiger charge is 2.14. The van der Waals surface area contributed by atoms with Crippen LogP contribution in [0.3, 0.4) is 0 Å². The van der Waals surface area contributed by atoms with Gasteiger partial charge in [-0.15, -0.1) is 0 Å². The van der Waals surface area contributed by atoms with Gasteiger partial charge in [0.2, 0.25) is 0 Å². The Bertz CT molecular complexity index is 408. The van der Waals surface area contributed by atoms with Crippen molar-refractivity contribution in [3.8, 4) is 0 Å². The number of carboxylic acids is 1. The van der Waals surface area contributed by atoms with E-state index in [2.05, 4.69) is 40.1 Å². The predicted octanol–water partition coefficient (Wildman–Crippen LogP) is 2.45. The summed E-state index contributed by atoms with van der Waals surface area (Å²) < 4.78 is 0. The molecule has 1 aromatic rings. The highest BCUT2D eigenvalue weighted by molar-refractivity contribution is 5.66. The minimum atomic E-state index is -0.684. The molecule has 4 heteroatoms. The SMILES string of the molecule is O=C(O)CCCCN1CCCN(c2ccccc2)CC1. The van der Waals surface area contributed by atoms with Crippen LogP contribution >= 0.6 is 0 Å². The Labute approximate surface area is 121 Å². The standard InChI is InChI=1S/C16H24N2O2/c19-16(20)9-4-5-10-17-11-6-12-18(14-13-17)15-7-2-1-3-8-15/h1-3,7-8H,4-6,9-14H2,(H,19,20). The van der Waals surface area contributed by atoms with Crippen LogP contribution in [0.25, 0.3) is 0 Å². The largest absolute Gasteiger partial charge is 0.481 e. The number of carbonyl (C=O) groups is 1.